The van der Waals surface area contributed by atoms with E-state index in [0.29, 0.717) is 12.3 Å². The zero-order valence-corrected chi connectivity index (χ0v) is 15.5. The van der Waals surface area contributed by atoms with E-state index in [1.807, 2.05) is 65.6 Å². The van der Waals surface area contributed by atoms with Crippen LogP contribution in [0.2, 0.25) is 0 Å². The number of carbonyl (C=O) groups excluding carboxylic acids is 2. The van der Waals surface area contributed by atoms with Gasteiger partial charge in [-0.2, -0.15) is 0 Å². The van der Waals surface area contributed by atoms with Crippen LogP contribution in [0.4, 0.5) is 11.4 Å². The molecule has 0 aliphatic carbocycles. The third-order valence-corrected chi connectivity index (χ3v) is 4.77. The van der Waals surface area contributed by atoms with Crippen molar-refractivity contribution in [1.82, 2.24) is 5.32 Å². The summed E-state index contributed by atoms with van der Waals surface area (Å²) in [4.78, 5) is 26.6. The van der Waals surface area contributed by atoms with Gasteiger partial charge in [0, 0.05) is 12.7 Å². The summed E-state index contributed by atoms with van der Waals surface area (Å²) in [5.74, 6) is 0.234. The first-order valence-electron chi connectivity index (χ1n) is 9.15. The predicted molar refractivity (Wildman–Crippen MR) is 110 cm³/mol. The van der Waals surface area contributed by atoms with Crippen LogP contribution < -0.4 is 20.3 Å². The monoisotopic (exact) mass is 375 g/mol. The van der Waals surface area contributed by atoms with Crippen molar-refractivity contribution in [3.63, 3.8) is 0 Å². The molecular weight excluding hydrogens is 354 g/mol. The molecule has 1 heterocycles. The van der Waals surface area contributed by atoms with Gasteiger partial charge in [-0.15, -0.1) is 0 Å². The fourth-order valence-corrected chi connectivity index (χ4v) is 3.40. The molecule has 0 unspecified atom stereocenters. The topological polar surface area (TPSA) is 70.7 Å². The lowest BCUT2D eigenvalue weighted by Crippen LogP contribution is -2.50. The van der Waals surface area contributed by atoms with E-state index in [9.17, 15) is 9.59 Å². The molecule has 4 rings (SSSR count). The maximum Gasteiger partial charge on any atom is 0.262 e. The molecule has 3 aromatic rings. The maximum absolute atomic E-state index is 12.7. The molecule has 6 heteroatoms. The van der Waals surface area contributed by atoms with Gasteiger partial charge in [-0.25, -0.2) is 0 Å². The fraction of sp³-hybridized carbons (Fsp3) is 0.182. The third kappa shape index (κ3) is 3.62. The van der Waals surface area contributed by atoms with E-state index in [0.717, 1.165) is 22.1 Å². The minimum atomic E-state index is -0.659. The number of carbonyl (C=O) groups is 2. The van der Waals surface area contributed by atoms with Crippen LogP contribution in [0.1, 0.15) is 0 Å². The van der Waals surface area contributed by atoms with Crippen LogP contribution in [0.5, 0.6) is 5.75 Å². The van der Waals surface area contributed by atoms with Gasteiger partial charge in [0.2, 0.25) is 5.91 Å². The Hall–Kier alpha value is -3.54. The van der Waals surface area contributed by atoms with E-state index in [1.165, 1.54) is 0 Å². The van der Waals surface area contributed by atoms with E-state index in [4.69, 9.17) is 4.74 Å². The number of nitrogens with one attached hydrogen (secondary N) is 2. The molecule has 2 N–H and O–H groups in total. The molecule has 0 bridgehead atoms. The van der Waals surface area contributed by atoms with Gasteiger partial charge in [-0.3, -0.25) is 9.59 Å². The number of ether oxygens (including phenoxy) is 1. The third-order valence-electron chi connectivity index (χ3n) is 4.77. The predicted octanol–water partition coefficient (Wildman–Crippen LogP) is 2.79. The van der Waals surface area contributed by atoms with Crippen molar-refractivity contribution >= 4 is 34.0 Å². The second-order valence-corrected chi connectivity index (χ2v) is 6.68. The Morgan fingerprint density at radius 1 is 1.04 bits per heavy atom. The van der Waals surface area contributed by atoms with Crippen LogP contribution in [-0.2, 0) is 9.59 Å². The van der Waals surface area contributed by atoms with Crippen LogP contribution in [0.15, 0.2) is 66.7 Å². The number of rotatable bonds is 4. The van der Waals surface area contributed by atoms with Gasteiger partial charge in [-0.1, -0.05) is 42.5 Å². The average molecular weight is 375 g/mol. The highest BCUT2D eigenvalue weighted by Crippen LogP contribution is 2.33. The molecule has 0 saturated heterocycles. The standard InChI is InChI=1S/C22H21N3O3/c1-23-22(27)20-13-25(18-8-4-5-9-19(18)28-20)14-21(26)24-17-11-10-15-6-2-3-7-16(15)12-17/h2-12,20H,13-14H2,1H3,(H,23,27)(H,24,26)/t20-/m0/s1. The van der Waals surface area contributed by atoms with Crippen molar-refractivity contribution in [3.05, 3.63) is 66.7 Å². The van der Waals surface area contributed by atoms with Crippen molar-refractivity contribution in [3.8, 4) is 5.75 Å². The van der Waals surface area contributed by atoms with Gasteiger partial charge in [0.25, 0.3) is 5.91 Å². The lowest BCUT2D eigenvalue weighted by atomic mass is 10.1. The van der Waals surface area contributed by atoms with Gasteiger partial charge >= 0.3 is 0 Å². The number of hydrogen-bond acceptors (Lipinski definition) is 4. The molecule has 0 radical (unpaired) electrons. The highest BCUT2D eigenvalue weighted by Gasteiger charge is 2.30. The largest absolute Gasteiger partial charge is 0.477 e. The molecule has 1 aliphatic rings. The lowest BCUT2D eigenvalue weighted by molar-refractivity contribution is -0.127. The lowest BCUT2D eigenvalue weighted by Gasteiger charge is -2.35. The van der Waals surface area contributed by atoms with Crippen molar-refractivity contribution in [2.75, 3.05) is 30.4 Å². The van der Waals surface area contributed by atoms with Crippen molar-refractivity contribution in [2.45, 2.75) is 6.10 Å². The summed E-state index contributed by atoms with van der Waals surface area (Å²) < 4.78 is 5.78. The van der Waals surface area contributed by atoms with E-state index in [-0.39, 0.29) is 18.4 Å². The summed E-state index contributed by atoms with van der Waals surface area (Å²) >= 11 is 0. The van der Waals surface area contributed by atoms with Crippen LogP contribution in [-0.4, -0.2) is 38.1 Å². The second-order valence-electron chi connectivity index (χ2n) is 6.68. The number of nitrogens with zero attached hydrogens (tertiary/aromatic N) is 1. The van der Waals surface area contributed by atoms with Gasteiger partial charge in [0.05, 0.1) is 18.8 Å². The van der Waals surface area contributed by atoms with E-state index in [1.54, 1.807) is 13.1 Å². The normalized spacial score (nSPS) is 15.5. The van der Waals surface area contributed by atoms with Crippen molar-refractivity contribution < 1.29 is 14.3 Å². The number of amides is 2. The zero-order chi connectivity index (χ0) is 19.5. The van der Waals surface area contributed by atoms with Crippen LogP contribution in [0.3, 0.4) is 0 Å². The molecule has 1 atom stereocenters. The Morgan fingerprint density at radius 2 is 1.79 bits per heavy atom. The van der Waals surface area contributed by atoms with Crippen molar-refractivity contribution in [2.24, 2.45) is 0 Å². The van der Waals surface area contributed by atoms with E-state index >= 15 is 0 Å². The van der Waals surface area contributed by atoms with Gasteiger partial charge in [-0.05, 0) is 35.0 Å². The number of hydrogen-bond donors (Lipinski definition) is 2. The van der Waals surface area contributed by atoms with Crippen LogP contribution in [0.25, 0.3) is 10.8 Å². The molecule has 6 nitrogen and oxygen atoms in total. The van der Waals surface area contributed by atoms with Crippen LogP contribution >= 0.6 is 0 Å². The molecule has 28 heavy (non-hydrogen) atoms. The Balaban J connectivity index is 1.51. The Bertz CT molecular complexity index is 1030. The maximum atomic E-state index is 12.7. The Morgan fingerprint density at radius 3 is 2.61 bits per heavy atom. The average Bonchev–Trinajstić information content (AvgIpc) is 2.73. The van der Waals surface area contributed by atoms with E-state index in [2.05, 4.69) is 10.6 Å². The van der Waals surface area contributed by atoms with Gasteiger partial charge in [0.1, 0.15) is 5.75 Å². The molecule has 2 amide bonds. The number of para-hydroxylation sites is 2. The summed E-state index contributed by atoms with van der Waals surface area (Å²) in [5.41, 5.74) is 1.55. The summed E-state index contributed by atoms with van der Waals surface area (Å²) in [6.07, 6.45) is -0.659. The summed E-state index contributed by atoms with van der Waals surface area (Å²) in [5, 5.41) is 7.74. The minimum Gasteiger partial charge on any atom is -0.477 e. The molecule has 1 aliphatic heterocycles. The second kappa shape index (κ2) is 7.60. The quantitative estimate of drug-likeness (QED) is 0.736. The first-order chi connectivity index (χ1) is 13.6. The molecule has 0 fully saturated rings. The SMILES string of the molecule is CNC(=O)[C@@H]1CN(CC(=O)Nc2ccc3ccccc3c2)c2ccccc2O1. The highest BCUT2D eigenvalue weighted by molar-refractivity contribution is 5.97. The van der Waals surface area contributed by atoms with Crippen molar-refractivity contribution in [1.29, 1.82) is 0 Å². The first-order valence-corrected chi connectivity index (χ1v) is 9.15. The van der Waals surface area contributed by atoms with Gasteiger partial charge < -0.3 is 20.3 Å². The van der Waals surface area contributed by atoms with Gasteiger partial charge in [0.15, 0.2) is 6.10 Å². The Kier molecular flexibility index (Phi) is 4.85. The van der Waals surface area contributed by atoms with Crippen LogP contribution in [0, 0.1) is 0 Å². The number of anilines is 2. The summed E-state index contributed by atoms with van der Waals surface area (Å²) in [7, 11) is 1.57. The summed E-state index contributed by atoms with van der Waals surface area (Å²) in [6, 6.07) is 21.2. The fourth-order valence-electron chi connectivity index (χ4n) is 3.40. The van der Waals surface area contributed by atoms with E-state index < -0.39 is 6.10 Å². The number of fused-ring (bicyclic) bond motifs is 2. The molecule has 142 valence electrons. The molecule has 3 aromatic carbocycles. The molecular formula is C22H21N3O3. The summed E-state index contributed by atoms with van der Waals surface area (Å²) in [6.45, 7) is 0.433. The molecule has 0 aromatic heterocycles. The first kappa shape index (κ1) is 17.9. The smallest absolute Gasteiger partial charge is 0.262 e. The zero-order valence-electron chi connectivity index (χ0n) is 15.5. The minimum absolute atomic E-state index is 0.126. The number of benzene rings is 3. The Labute approximate surface area is 163 Å². The highest BCUT2D eigenvalue weighted by atomic mass is 16.5. The molecule has 0 saturated carbocycles. The molecule has 0 spiro atoms. The number of likely N-dealkylation sites (N-methyl/N-ethyl adjacent to an activating group) is 1.